The lowest BCUT2D eigenvalue weighted by atomic mass is 10.2. The van der Waals surface area contributed by atoms with E-state index in [2.05, 4.69) is 5.32 Å². The van der Waals surface area contributed by atoms with Crippen LogP contribution >= 0.6 is 23.2 Å². The van der Waals surface area contributed by atoms with Crippen molar-refractivity contribution < 1.29 is 9.13 Å². The predicted octanol–water partition coefficient (Wildman–Crippen LogP) is 5.18. The van der Waals surface area contributed by atoms with E-state index in [1.54, 1.807) is 24.3 Å². The maximum atomic E-state index is 13.4. The Labute approximate surface area is 132 Å². The van der Waals surface area contributed by atoms with Gasteiger partial charge in [-0.05, 0) is 43.2 Å². The van der Waals surface area contributed by atoms with Crippen LogP contribution in [0.25, 0.3) is 0 Å². The Morgan fingerprint density at radius 2 is 1.90 bits per heavy atom. The molecule has 0 amide bonds. The highest BCUT2D eigenvalue weighted by Gasteiger charge is 2.21. The smallest absolute Gasteiger partial charge is 0.132 e. The summed E-state index contributed by atoms with van der Waals surface area (Å²) in [4.78, 5) is 0. The first-order valence-electron chi connectivity index (χ1n) is 6.76. The third-order valence-electron chi connectivity index (χ3n) is 3.30. The standard InChI is InChI=1S/C16H14Cl2FNO/c17-14-5-4-13(8-15(14)18)21-16-6-1-11(19)7-10(16)9-20-12-2-3-12/h1,4-8,12,20H,2-3,9H2. The Morgan fingerprint density at radius 3 is 2.62 bits per heavy atom. The van der Waals surface area contributed by atoms with E-state index in [-0.39, 0.29) is 5.82 Å². The van der Waals surface area contributed by atoms with Crippen LogP contribution < -0.4 is 10.1 Å². The van der Waals surface area contributed by atoms with E-state index in [1.165, 1.54) is 25.0 Å². The lowest BCUT2D eigenvalue weighted by molar-refractivity contribution is 0.469. The first-order chi connectivity index (χ1) is 10.1. The van der Waals surface area contributed by atoms with Gasteiger partial charge < -0.3 is 10.1 Å². The number of benzene rings is 2. The maximum Gasteiger partial charge on any atom is 0.132 e. The summed E-state index contributed by atoms with van der Waals surface area (Å²) < 4.78 is 19.2. The van der Waals surface area contributed by atoms with E-state index in [0.29, 0.717) is 34.1 Å². The van der Waals surface area contributed by atoms with E-state index >= 15 is 0 Å². The summed E-state index contributed by atoms with van der Waals surface area (Å²) in [6.45, 7) is 0.582. The van der Waals surface area contributed by atoms with Crippen molar-refractivity contribution in [1.82, 2.24) is 5.32 Å². The van der Waals surface area contributed by atoms with Crippen LogP contribution in [0.5, 0.6) is 11.5 Å². The molecule has 0 atom stereocenters. The van der Waals surface area contributed by atoms with E-state index in [4.69, 9.17) is 27.9 Å². The van der Waals surface area contributed by atoms with Gasteiger partial charge in [0.1, 0.15) is 17.3 Å². The van der Waals surface area contributed by atoms with Gasteiger partial charge in [0.2, 0.25) is 0 Å². The van der Waals surface area contributed by atoms with Crippen LogP contribution in [0.3, 0.4) is 0 Å². The van der Waals surface area contributed by atoms with Crippen molar-refractivity contribution in [2.45, 2.75) is 25.4 Å². The third-order valence-corrected chi connectivity index (χ3v) is 4.04. The molecule has 0 bridgehead atoms. The highest BCUT2D eigenvalue weighted by molar-refractivity contribution is 6.42. The lowest BCUT2D eigenvalue weighted by Gasteiger charge is -2.12. The predicted molar refractivity (Wildman–Crippen MR) is 82.8 cm³/mol. The van der Waals surface area contributed by atoms with E-state index in [9.17, 15) is 4.39 Å². The van der Waals surface area contributed by atoms with Crippen molar-refractivity contribution in [2.75, 3.05) is 0 Å². The summed E-state index contributed by atoms with van der Waals surface area (Å²) in [5, 5.41) is 4.25. The summed E-state index contributed by atoms with van der Waals surface area (Å²) in [5.41, 5.74) is 0.785. The molecule has 3 rings (SSSR count). The molecule has 5 heteroatoms. The zero-order chi connectivity index (χ0) is 14.8. The Morgan fingerprint density at radius 1 is 1.10 bits per heavy atom. The molecular formula is C16H14Cl2FNO. The molecule has 1 fully saturated rings. The third kappa shape index (κ3) is 3.88. The minimum atomic E-state index is -0.274. The van der Waals surface area contributed by atoms with Gasteiger partial charge in [-0.25, -0.2) is 4.39 Å². The average molecular weight is 326 g/mol. The summed E-state index contributed by atoms with van der Waals surface area (Å²) in [6, 6.07) is 10.1. The van der Waals surface area contributed by atoms with Crippen molar-refractivity contribution in [3.63, 3.8) is 0 Å². The van der Waals surface area contributed by atoms with Crippen LogP contribution in [0.15, 0.2) is 36.4 Å². The van der Waals surface area contributed by atoms with Gasteiger partial charge in [-0.15, -0.1) is 0 Å². The van der Waals surface area contributed by atoms with Crippen LogP contribution in [0.4, 0.5) is 4.39 Å². The normalized spacial score (nSPS) is 14.2. The first kappa shape index (κ1) is 14.6. The summed E-state index contributed by atoms with van der Waals surface area (Å²) in [6.07, 6.45) is 2.36. The second kappa shape index (κ2) is 6.22. The number of hydrogen-bond donors (Lipinski definition) is 1. The van der Waals surface area contributed by atoms with Gasteiger partial charge >= 0.3 is 0 Å². The molecule has 0 spiro atoms. The Balaban J connectivity index is 1.80. The van der Waals surface area contributed by atoms with Crippen LogP contribution in [0.1, 0.15) is 18.4 Å². The largest absolute Gasteiger partial charge is 0.457 e. The van der Waals surface area contributed by atoms with Crippen LogP contribution in [-0.2, 0) is 6.54 Å². The van der Waals surface area contributed by atoms with E-state index < -0.39 is 0 Å². The fraction of sp³-hybridized carbons (Fsp3) is 0.250. The quantitative estimate of drug-likeness (QED) is 0.818. The molecule has 110 valence electrons. The van der Waals surface area contributed by atoms with Gasteiger partial charge in [-0.2, -0.15) is 0 Å². The molecule has 0 radical (unpaired) electrons. The number of nitrogens with one attached hydrogen (secondary N) is 1. The van der Waals surface area contributed by atoms with Gasteiger partial charge in [0.15, 0.2) is 0 Å². The van der Waals surface area contributed by atoms with Crippen molar-refractivity contribution in [2.24, 2.45) is 0 Å². The molecule has 21 heavy (non-hydrogen) atoms. The van der Waals surface area contributed by atoms with Crippen molar-refractivity contribution in [1.29, 1.82) is 0 Å². The summed E-state index contributed by atoms with van der Waals surface area (Å²) >= 11 is 11.9. The molecule has 0 aromatic heterocycles. The van der Waals surface area contributed by atoms with Crippen LogP contribution in [0.2, 0.25) is 10.0 Å². The molecule has 0 unspecified atom stereocenters. The fourth-order valence-corrected chi connectivity index (χ4v) is 2.28. The molecule has 1 aliphatic rings. The molecule has 0 aliphatic heterocycles. The zero-order valence-electron chi connectivity index (χ0n) is 11.2. The second-order valence-corrected chi connectivity index (χ2v) is 5.90. The second-order valence-electron chi connectivity index (χ2n) is 5.09. The van der Waals surface area contributed by atoms with Gasteiger partial charge in [0, 0.05) is 24.2 Å². The van der Waals surface area contributed by atoms with E-state index in [1.807, 2.05) is 0 Å². The lowest BCUT2D eigenvalue weighted by Crippen LogP contribution is -2.15. The minimum absolute atomic E-state index is 0.274. The van der Waals surface area contributed by atoms with Gasteiger partial charge in [-0.1, -0.05) is 23.2 Å². The first-order valence-corrected chi connectivity index (χ1v) is 7.52. The molecule has 0 saturated heterocycles. The monoisotopic (exact) mass is 325 g/mol. The number of hydrogen-bond acceptors (Lipinski definition) is 2. The Kier molecular flexibility index (Phi) is 4.34. The number of rotatable bonds is 5. The van der Waals surface area contributed by atoms with Crippen molar-refractivity contribution >= 4 is 23.2 Å². The molecule has 1 aliphatic carbocycles. The average Bonchev–Trinajstić information content (AvgIpc) is 3.27. The van der Waals surface area contributed by atoms with E-state index in [0.717, 1.165) is 5.56 Å². The molecule has 1 saturated carbocycles. The van der Waals surface area contributed by atoms with Crippen molar-refractivity contribution in [3.05, 3.63) is 57.8 Å². The van der Waals surface area contributed by atoms with Crippen molar-refractivity contribution in [3.8, 4) is 11.5 Å². The Hall–Kier alpha value is -1.29. The number of halogens is 3. The molecule has 2 nitrogen and oxygen atoms in total. The fourth-order valence-electron chi connectivity index (χ4n) is 1.99. The highest BCUT2D eigenvalue weighted by Crippen LogP contribution is 2.31. The molecule has 2 aromatic rings. The van der Waals surface area contributed by atoms with Gasteiger partial charge in [-0.3, -0.25) is 0 Å². The van der Waals surface area contributed by atoms with Gasteiger partial charge in [0.25, 0.3) is 0 Å². The van der Waals surface area contributed by atoms with Crippen LogP contribution in [0, 0.1) is 5.82 Å². The summed E-state index contributed by atoms with van der Waals surface area (Å²) in [7, 11) is 0. The minimum Gasteiger partial charge on any atom is -0.457 e. The SMILES string of the molecule is Fc1ccc(Oc2ccc(Cl)c(Cl)c2)c(CNC2CC2)c1. The van der Waals surface area contributed by atoms with Gasteiger partial charge in [0.05, 0.1) is 10.0 Å². The molecule has 0 heterocycles. The number of ether oxygens (including phenoxy) is 1. The highest BCUT2D eigenvalue weighted by atomic mass is 35.5. The van der Waals surface area contributed by atoms with Crippen LogP contribution in [-0.4, -0.2) is 6.04 Å². The Bertz CT molecular complexity index is 659. The molecule has 1 N–H and O–H groups in total. The maximum absolute atomic E-state index is 13.4. The molecular weight excluding hydrogens is 312 g/mol. The topological polar surface area (TPSA) is 21.3 Å². The zero-order valence-corrected chi connectivity index (χ0v) is 12.7. The summed E-state index contributed by atoms with van der Waals surface area (Å²) in [5.74, 6) is 0.913. The molecule has 2 aromatic carbocycles.